The SMILES string of the molecule is CCC(Cl)CCNC(=O)c1ccc(OC)cc1O. The molecule has 0 saturated heterocycles. The van der Waals surface area contributed by atoms with Gasteiger partial charge in [-0.15, -0.1) is 11.6 Å². The predicted octanol–water partition coefficient (Wildman–Crippen LogP) is 2.54. The topological polar surface area (TPSA) is 58.6 Å². The molecule has 0 aromatic heterocycles. The third kappa shape index (κ3) is 4.11. The van der Waals surface area contributed by atoms with Crippen LogP contribution >= 0.6 is 11.6 Å². The maximum Gasteiger partial charge on any atom is 0.255 e. The Bertz CT molecular complexity index is 409. The Hall–Kier alpha value is -1.42. The van der Waals surface area contributed by atoms with E-state index in [0.717, 1.165) is 6.42 Å². The van der Waals surface area contributed by atoms with E-state index in [1.54, 1.807) is 6.07 Å². The monoisotopic (exact) mass is 271 g/mol. The van der Waals surface area contributed by atoms with Crippen LogP contribution in [0.4, 0.5) is 0 Å². The first-order chi connectivity index (χ1) is 8.58. The van der Waals surface area contributed by atoms with Crippen molar-refractivity contribution in [1.82, 2.24) is 5.32 Å². The van der Waals surface area contributed by atoms with E-state index in [1.807, 2.05) is 6.92 Å². The maximum atomic E-state index is 11.8. The number of ether oxygens (including phenoxy) is 1. The van der Waals surface area contributed by atoms with Crippen molar-refractivity contribution in [2.45, 2.75) is 25.1 Å². The van der Waals surface area contributed by atoms with Gasteiger partial charge in [-0.1, -0.05) is 6.92 Å². The Morgan fingerprint density at radius 3 is 2.83 bits per heavy atom. The van der Waals surface area contributed by atoms with E-state index in [9.17, 15) is 9.90 Å². The van der Waals surface area contributed by atoms with Crippen molar-refractivity contribution in [2.24, 2.45) is 0 Å². The number of phenolic OH excluding ortho intramolecular Hbond substituents is 1. The number of aromatic hydroxyl groups is 1. The molecule has 0 aliphatic rings. The average Bonchev–Trinajstić information content (AvgIpc) is 2.37. The van der Waals surface area contributed by atoms with Gasteiger partial charge in [-0.2, -0.15) is 0 Å². The highest BCUT2D eigenvalue weighted by Gasteiger charge is 2.12. The highest BCUT2D eigenvalue weighted by atomic mass is 35.5. The summed E-state index contributed by atoms with van der Waals surface area (Å²) in [4.78, 5) is 11.8. The first-order valence-corrected chi connectivity index (χ1v) is 6.31. The molecule has 1 unspecified atom stereocenters. The quantitative estimate of drug-likeness (QED) is 0.782. The highest BCUT2D eigenvalue weighted by molar-refractivity contribution is 6.20. The van der Waals surface area contributed by atoms with E-state index < -0.39 is 0 Å². The van der Waals surface area contributed by atoms with Crippen molar-refractivity contribution in [3.63, 3.8) is 0 Å². The number of methoxy groups -OCH3 is 1. The van der Waals surface area contributed by atoms with Crippen molar-refractivity contribution in [3.05, 3.63) is 23.8 Å². The third-order valence-electron chi connectivity index (χ3n) is 2.64. The lowest BCUT2D eigenvalue weighted by Crippen LogP contribution is -2.26. The summed E-state index contributed by atoms with van der Waals surface area (Å²) in [7, 11) is 1.50. The number of halogens is 1. The summed E-state index contributed by atoms with van der Waals surface area (Å²) in [5.41, 5.74) is 0.235. The zero-order valence-corrected chi connectivity index (χ0v) is 11.3. The zero-order chi connectivity index (χ0) is 13.5. The molecule has 1 atom stereocenters. The van der Waals surface area contributed by atoms with E-state index >= 15 is 0 Å². The lowest BCUT2D eigenvalue weighted by molar-refractivity contribution is 0.0950. The van der Waals surface area contributed by atoms with Gasteiger partial charge in [0.25, 0.3) is 5.91 Å². The molecular formula is C13H18ClNO3. The number of hydrogen-bond donors (Lipinski definition) is 2. The predicted molar refractivity (Wildman–Crippen MR) is 71.5 cm³/mol. The van der Waals surface area contributed by atoms with E-state index in [0.29, 0.717) is 18.7 Å². The Balaban J connectivity index is 2.56. The lowest BCUT2D eigenvalue weighted by atomic mass is 10.1. The van der Waals surface area contributed by atoms with Crippen LogP contribution in [0.2, 0.25) is 0 Å². The molecule has 1 aromatic carbocycles. The Morgan fingerprint density at radius 2 is 2.28 bits per heavy atom. The molecule has 1 aromatic rings. The molecule has 0 saturated carbocycles. The molecule has 1 amide bonds. The summed E-state index contributed by atoms with van der Waals surface area (Å²) in [6.07, 6.45) is 1.58. The van der Waals surface area contributed by atoms with Crippen LogP contribution in [-0.2, 0) is 0 Å². The molecule has 0 aliphatic heterocycles. The molecule has 18 heavy (non-hydrogen) atoms. The van der Waals surface area contributed by atoms with Gasteiger partial charge in [-0.25, -0.2) is 0 Å². The first kappa shape index (κ1) is 14.6. The van der Waals surface area contributed by atoms with Crippen LogP contribution in [0.1, 0.15) is 30.1 Å². The second-order valence-electron chi connectivity index (χ2n) is 3.93. The van der Waals surface area contributed by atoms with E-state index in [1.165, 1.54) is 19.2 Å². The van der Waals surface area contributed by atoms with Crippen LogP contribution in [0, 0.1) is 0 Å². The van der Waals surface area contributed by atoms with Gasteiger partial charge in [0.2, 0.25) is 0 Å². The fourth-order valence-corrected chi connectivity index (χ4v) is 1.58. The van der Waals surface area contributed by atoms with Gasteiger partial charge in [0.1, 0.15) is 11.5 Å². The van der Waals surface area contributed by atoms with Gasteiger partial charge in [0.15, 0.2) is 0 Å². The minimum absolute atomic E-state index is 0.0646. The first-order valence-electron chi connectivity index (χ1n) is 5.87. The van der Waals surface area contributed by atoms with Crippen LogP contribution in [0.5, 0.6) is 11.5 Å². The summed E-state index contributed by atoms with van der Waals surface area (Å²) in [5, 5.41) is 12.5. The normalized spacial score (nSPS) is 11.9. The molecule has 0 fully saturated rings. The van der Waals surface area contributed by atoms with Crippen LogP contribution in [0.25, 0.3) is 0 Å². The molecule has 0 heterocycles. The smallest absolute Gasteiger partial charge is 0.255 e. The molecule has 100 valence electrons. The second-order valence-corrected chi connectivity index (χ2v) is 4.55. The van der Waals surface area contributed by atoms with E-state index in [4.69, 9.17) is 16.3 Å². The Morgan fingerprint density at radius 1 is 1.56 bits per heavy atom. The number of hydrogen-bond acceptors (Lipinski definition) is 3. The number of carbonyl (C=O) groups is 1. The van der Waals surface area contributed by atoms with Crippen molar-refractivity contribution < 1.29 is 14.6 Å². The summed E-state index contributed by atoms with van der Waals surface area (Å²) >= 11 is 5.95. The molecule has 2 N–H and O–H groups in total. The highest BCUT2D eigenvalue weighted by Crippen LogP contribution is 2.23. The fraction of sp³-hybridized carbons (Fsp3) is 0.462. The van der Waals surface area contributed by atoms with Crippen LogP contribution < -0.4 is 10.1 Å². The zero-order valence-electron chi connectivity index (χ0n) is 10.6. The van der Waals surface area contributed by atoms with Crippen molar-refractivity contribution in [1.29, 1.82) is 0 Å². The van der Waals surface area contributed by atoms with Gasteiger partial charge < -0.3 is 15.2 Å². The summed E-state index contributed by atoms with van der Waals surface area (Å²) in [6, 6.07) is 4.57. The Labute approximate surface area is 112 Å². The van der Waals surface area contributed by atoms with Crippen LogP contribution in [0.15, 0.2) is 18.2 Å². The standard InChI is InChI=1S/C13H18ClNO3/c1-3-9(14)6-7-15-13(17)11-5-4-10(18-2)8-12(11)16/h4-5,8-9,16H,3,6-7H2,1-2H3,(H,15,17). The Kier molecular flexibility index (Phi) is 5.78. The van der Waals surface area contributed by atoms with Crippen molar-refractivity contribution in [3.8, 4) is 11.5 Å². The molecule has 1 rings (SSSR count). The minimum atomic E-state index is -0.310. The average molecular weight is 272 g/mol. The number of benzene rings is 1. The number of rotatable bonds is 6. The number of alkyl halides is 1. The summed E-state index contributed by atoms with van der Waals surface area (Å²) < 4.78 is 4.95. The number of carbonyl (C=O) groups excluding carboxylic acids is 1. The fourth-order valence-electron chi connectivity index (χ4n) is 1.47. The second kappa shape index (κ2) is 7.11. The number of nitrogens with one attached hydrogen (secondary N) is 1. The van der Waals surface area contributed by atoms with Crippen LogP contribution in [-0.4, -0.2) is 30.0 Å². The minimum Gasteiger partial charge on any atom is -0.507 e. The largest absolute Gasteiger partial charge is 0.507 e. The number of amides is 1. The molecule has 0 aliphatic carbocycles. The van der Waals surface area contributed by atoms with Gasteiger partial charge in [0.05, 0.1) is 12.7 Å². The number of phenols is 1. The molecule has 0 radical (unpaired) electrons. The molecule has 0 spiro atoms. The molecular weight excluding hydrogens is 254 g/mol. The van der Waals surface area contributed by atoms with Crippen LogP contribution in [0.3, 0.4) is 0 Å². The van der Waals surface area contributed by atoms with Gasteiger partial charge in [-0.3, -0.25) is 4.79 Å². The van der Waals surface area contributed by atoms with Crippen molar-refractivity contribution in [2.75, 3.05) is 13.7 Å². The van der Waals surface area contributed by atoms with Gasteiger partial charge in [-0.05, 0) is 25.0 Å². The van der Waals surface area contributed by atoms with Gasteiger partial charge >= 0.3 is 0 Å². The lowest BCUT2D eigenvalue weighted by Gasteiger charge is -2.09. The molecule has 0 bridgehead atoms. The van der Waals surface area contributed by atoms with Crippen molar-refractivity contribution >= 4 is 17.5 Å². The maximum absolute atomic E-state index is 11.8. The summed E-state index contributed by atoms with van der Waals surface area (Å²) in [5.74, 6) is 0.107. The van der Waals surface area contributed by atoms with E-state index in [-0.39, 0.29) is 22.6 Å². The molecule has 4 nitrogen and oxygen atoms in total. The third-order valence-corrected chi connectivity index (χ3v) is 3.16. The van der Waals surface area contributed by atoms with Gasteiger partial charge in [0, 0.05) is 18.0 Å². The molecule has 5 heteroatoms. The summed E-state index contributed by atoms with van der Waals surface area (Å²) in [6.45, 7) is 2.49. The van der Waals surface area contributed by atoms with E-state index in [2.05, 4.69) is 5.32 Å².